The van der Waals surface area contributed by atoms with Crippen molar-refractivity contribution in [1.82, 2.24) is 9.62 Å². The monoisotopic (exact) mass is 258 g/mol. The molecular formula is C11H18N2O3S. The lowest BCUT2D eigenvalue weighted by Crippen LogP contribution is -2.34. The summed E-state index contributed by atoms with van der Waals surface area (Å²) in [6.45, 7) is 1.50. The summed E-state index contributed by atoms with van der Waals surface area (Å²) in [5.41, 5.74) is 0. The first kappa shape index (κ1) is 14.1. The summed E-state index contributed by atoms with van der Waals surface area (Å²) in [5.74, 6) is 0. The molecular weight excluding hydrogens is 240 g/mol. The van der Waals surface area contributed by atoms with E-state index in [9.17, 15) is 8.42 Å². The SMILES string of the molecule is CN(CCO)CCNS(=O)(=O)c1ccccc1. The molecule has 5 nitrogen and oxygen atoms in total. The highest BCUT2D eigenvalue weighted by atomic mass is 32.2. The number of likely N-dealkylation sites (N-methyl/N-ethyl adjacent to an activating group) is 1. The lowest BCUT2D eigenvalue weighted by Gasteiger charge is -2.15. The van der Waals surface area contributed by atoms with Crippen LogP contribution in [0.25, 0.3) is 0 Å². The third-order valence-electron chi connectivity index (χ3n) is 2.32. The van der Waals surface area contributed by atoms with Crippen LogP contribution < -0.4 is 4.72 Å². The first-order valence-corrected chi connectivity index (χ1v) is 6.88. The molecule has 0 unspecified atom stereocenters. The van der Waals surface area contributed by atoms with Crippen LogP contribution in [0.4, 0.5) is 0 Å². The van der Waals surface area contributed by atoms with E-state index in [1.807, 2.05) is 11.9 Å². The Bertz CT molecular complexity index is 420. The standard InChI is InChI=1S/C11H18N2O3S/c1-13(9-10-14)8-7-12-17(15,16)11-5-3-2-4-6-11/h2-6,12,14H,7-10H2,1H3. The second kappa shape index (κ2) is 6.70. The van der Waals surface area contributed by atoms with Gasteiger partial charge in [-0.1, -0.05) is 18.2 Å². The molecule has 0 radical (unpaired) electrons. The Balaban J connectivity index is 2.46. The Hall–Kier alpha value is -0.950. The lowest BCUT2D eigenvalue weighted by molar-refractivity contribution is 0.223. The van der Waals surface area contributed by atoms with Crippen LogP contribution in [0.1, 0.15) is 0 Å². The van der Waals surface area contributed by atoms with E-state index >= 15 is 0 Å². The van der Waals surface area contributed by atoms with E-state index in [4.69, 9.17) is 5.11 Å². The van der Waals surface area contributed by atoms with E-state index in [-0.39, 0.29) is 11.5 Å². The van der Waals surface area contributed by atoms with Crippen LogP contribution in [0.3, 0.4) is 0 Å². The second-order valence-electron chi connectivity index (χ2n) is 3.74. The van der Waals surface area contributed by atoms with Gasteiger partial charge in [-0.25, -0.2) is 13.1 Å². The molecule has 0 aliphatic rings. The van der Waals surface area contributed by atoms with Crippen molar-refractivity contribution in [2.45, 2.75) is 4.90 Å². The fourth-order valence-corrected chi connectivity index (χ4v) is 2.38. The maximum Gasteiger partial charge on any atom is 0.240 e. The number of hydrogen-bond acceptors (Lipinski definition) is 4. The van der Waals surface area contributed by atoms with Crippen molar-refractivity contribution < 1.29 is 13.5 Å². The van der Waals surface area contributed by atoms with Crippen molar-refractivity contribution in [3.05, 3.63) is 30.3 Å². The molecule has 0 saturated carbocycles. The van der Waals surface area contributed by atoms with Gasteiger partial charge in [0.2, 0.25) is 10.0 Å². The number of aliphatic hydroxyl groups is 1. The molecule has 0 amide bonds. The van der Waals surface area contributed by atoms with Gasteiger partial charge in [0.25, 0.3) is 0 Å². The average molecular weight is 258 g/mol. The van der Waals surface area contributed by atoms with Crippen LogP contribution in [0, 0.1) is 0 Å². The second-order valence-corrected chi connectivity index (χ2v) is 5.50. The molecule has 0 bridgehead atoms. The Kier molecular flexibility index (Phi) is 5.57. The van der Waals surface area contributed by atoms with E-state index in [1.165, 1.54) is 0 Å². The number of nitrogens with one attached hydrogen (secondary N) is 1. The van der Waals surface area contributed by atoms with E-state index in [2.05, 4.69) is 4.72 Å². The van der Waals surface area contributed by atoms with Crippen molar-refractivity contribution in [1.29, 1.82) is 0 Å². The molecule has 0 atom stereocenters. The van der Waals surface area contributed by atoms with Gasteiger partial charge in [-0.2, -0.15) is 0 Å². The van der Waals surface area contributed by atoms with E-state index in [1.54, 1.807) is 30.3 Å². The Morgan fingerprint density at radius 1 is 1.24 bits per heavy atom. The van der Waals surface area contributed by atoms with Gasteiger partial charge in [-0.05, 0) is 19.2 Å². The number of sulfonamides is 1. The first-order chi connectivity index (χ1) is 8.06. The molecule has 0 heterocycles. The van der Waals surface area contributed by atoms with Gasteiger partial charge in [-0.3, -0.25) is 0 Å². The number of aliphatic hydroxyl groups excluding tert-OH is 1. The van der Waals surface area contributed by atoms with Crippen molar-refractivity contribution >= 4 is 10.0 Å². The molecule has 17 heavy (non-hydrogen) atoms. The molecule has 2 N–H and O–H groups in total. The average Bonchev–Trinajstić information content (AvgIpc) is 2.30. The zero-order valence-corrected chi connectivity index (χ0v) is 10.7. The number of benzene rings is 1. The number of nitrogens with zero attached hydrogens (tertiary/aromatic N) is 1. The highest BCUT2D eigenvalue weighted by Crippen LogP contribution is 2.06. The highest BCUT2D eigenvalue weighted by Gasteiger charge is 2.12. The van der Waals surface area contributed by atoms with Gasteiger partial charge in [0.15, 0.2) is 0 Å². The summed E-state index contributed by atoms with van der Waals surface area (Å²) in [6.07, 6.45) is 0. The van der Waals surface area contributed by atoms with Crippen molar-refractivity contribution in [2.75, 3.05) is 33.3 Å². The number of rotatable bonds is 7. The molecule has 1 aromatic rings. The minimum absolute atomic E-state index is 0.0714. The van der Waals surface area contributed by atoms with Gasteiger partial charge in [-0.15, -0.1) is 0 Å². The maximum absolute atomic E-state index is 11.8. The summed E-state index contributed by atoms with van der Waals surface area (Å²) in [7, 11) is -1.58. The molecule has 0 aliphatic heterocycles. The molecule has 1 rings (SSSR count). The summed E-state index contributed by atoms with van der Waals surface area (Å²) < 4.78 is 26.1. The Morgan fingerprint density at radius 2 is 1.88 bits per heavy atom. The summed E-state index contributed by atoms with van der Waals surface area (Å²) >= 11 is 0. The normalized spacial score (nSPS) is 11.9. The minimum atomic E-state index is -3.41. The molecule has 0 spiro atoms. The minimum Gasteiger partial charge on any atom is -0.395 e. The van der Waals surface area contributed by atoms with Gasteiger partial charge < -0.3 is 10.0 Å². The third kappa shape index (κ3) is 4.82. The molecule has 1 aromatic carbocycles. The van der Waals surface area contributed by atoms with Crippen LogP contribution in [0.5, 0.6) is 0 Å². The van der Waals surface area contributed by atoms with Gasteiger partial charge in [0.05, 0.1) is 11.5 Å². The fourth-order valence-electron chi connectivity index (χ4n) is 1.34. The summed E-state index contributed by atoms with van der Waals surface area (Å²) in [6, 6.07) is 8.26. The van der Waals surface area contributed by atoms with Gasteiger partial charge >= 0.3 is 0 Å². The van der Waals surface area contributed by atoms with Crippen LogP contribution in [-0.2, 0) is 10.0 Å². The molecule has 0 aliphatic carbocycles. The van der Waals surface area contributed by atoms with E-state index in [0.29, 0.717) is 19.6 Å². The van der Waals surface area contributed by atoms with Crippen molar-refractivity contribution in [3.8, 4) is 0 Å². The van der Waals surface area contributed by atoms with E-state index < -0.39 is 10.0 Å². The fraction of sp³-hybridized carbons (Fsp3) is 0.455. The van der Waals surface area contributed by atoms with Crippen molar-refractivity contribution in [3.63, 3.8) is 0 Å². The maximum atomic E-state index is 11.8. The van der Waals surface area contributed by atoms with E-state index in [0.717, 1.165) is 0 Å². The topological polar surface area (TPSA) is 69.6 Å². The molecule has 96 valence electrons. The highest BCUT2D eigenvalue weighted by molar-refractivity contribution is 7.89. The predicted molar refractivity (Wildman–Crippen MR) is 66.2 cm³/mol. The van der Waals surface area contributed by atoms with Crippen LogP contribution in [0.15, 0.2) is 35.2 Å². The number of hydrogen-bond donors (Lipinski definition) is 2. The van der Waals surface area contributed by atoms with Gasteiger partial charge in [0.1, 0.15) is 0 Å². The predicted octanol–water partition coefficient (Wildman–Crippen LogP) is -0.111. The van der Waals surface area contributed by atoms with Crippen LogP contribution in [-0.4, -0.2) is 51.7 Å². The Labute approximate surface area is 102 Å². The molecule has 0 aromatic heterocycles. The zero-order chi connectivity index (χ0) is 12.7. The lowest BCUT2D eigenvalue weighted by atomic mass is 10.4. The smallest absolute Gasteiger partial charge is 0.240 e. The van der Waals surface area contributed by atoms with Gasteiger partial charge in [0, 0.05) is 19.6 Å². The third-order valence-corrected chi connectivity index (χ3v) is 3.80. The van der Waals surface area contributed by atoms with Crippen molar-refractivity contribution in [2.24, 2.45) is 0 Å². The summed E-state index contributed by atoms with van der Waals surface area (Å²) in [5, 5.41) is 8.69. The molecule has 0 fully saturated rings. The van der Waals surface area contributed by atoms with Crippen LogP contribution in [0.2, 0.25) is 0 Å². The quantitative estimate of drug-likeness (QED) is 0.716. The first-order valence-electron chi connectivity index (χ1n) is 5.40. The molecule has 6 heteroatoms. The summed E-state index contributed by atoms with van der Waals surface area (Å²) in [4.78, 5) is 2.12. The van der Waals surface area contributed by atoms with Crippen LogP contribution >= 0.6 is 0 Å². The largest absolute Gasteiger partial charge is 0.395 e. The zero-order valence-electron chi connectivity index (χ0n) is 9.83. The molecule has 0 saturated heterocycles. The Morgan fingerprint density at radius 3 is 2.47 bits per heavy atom.